The van der Waals surface area contributed by atoms with E-state index in [1.807, 2.05) is 0 Å². The van der Waals surface area contributed by atoms with Crippen LogP contribution in [0.5, 0.6) is 0 Å². The summed E-state index contributed by atoms with van der Waals surface area (Å²) >= 11 is 0. The van der Waals surface area contributed by atoms with Gasteiger partial charge in [-0.15, -0.1) is 0 Å². The van der Waals surface area contributed by atoms with Crippen LogP contribution < -0.4 is 5.73 Å². The molecule has 0 spiro atoms. The summed E-state index contributed by atoms with van der Waals surface area (Å²) in [5.74, 6) is 3.48. The number of aryl methyl sites for hydroxylation is 1. The van der Waals surface area contributed by atoms with Gasteiger partial charge in [-0.25, -0.2) is 0 Å². The molecule has 1 heteroatoms. The van der Waals surface area contributed by atoms with Gasteiger partial charge < -0.3 is 5.73 Å². The Kier molecular flexibility index (Phi) is 2.21. The highest BCUT2D eigenvalue weighted by Crippen LogP contribution is 2.60. The van der Waals surface area contributed by atoms with Gasteiger partial charge in [0.2, 0.25) is 0 Å². The van der Waals surface area contributed by atoms with E-state index < -0.39 is 0 Å². The van der Waals surface area contributed by atoms with Crippen LogP contribution in [0.3, 0.4) is 0 Å². The second-order valence-electron chi connectivity index (χ2n) is 7.10. The summed E-state index contributed by atoms with van der Waals surface area (Å²) in [5, 5.41) is 0. The van der Waals surface area contributed by atoms with Crippen LogP contribution in [0, 0.1) is 30.6 Å². The topological polar surface area (TPSA) is 26.0 Å². The van der Waals surface area contributed by atoms with Crippen LogP contribution >= 0.6 is 0 Å². The lowest BCUT2D eigenvalue weighted by atomic mass is 9.47. The normalized spacial score (nSPS) is 45.4. The van der Waals surface area contributed by atoms with Crippen molar-refractivity contribution in [3.05, 3.63) is 35.4 Å². The van der Waals surface area contributed by atoms with E-state index >= 15 is 0 Å². The van der Waals surface area contributed by atoms with Crippen LogP contribution in [-0.2, 0) is 5.54 Å². The van der Waals surface area contributed by atoms with Crippen molar-refractivity contribution in [3.63, 3.8) is 0 Å². The first-order valence-corrected chi connectivity index (χ1v) is 7.52. The Morgan fingerprint density at radius 3 is 1.89 bits per heavy atom. The molecule has 1 nitrogen and oxygen atoms in total. The summed E-state index contributed by atoms with van der Waals surface area (Å²) in [6, 6.07) is 9.04. The minimum absolute atomic E-state index is 0.0128. The summed E-state index contributed by atoms with van der Waals surface area (Å²) in [4.78, 5) is 0. The first-order valence-electron chi connectivity index (χ1n) is 7.52. The highest BCUT2D eigenvalue weighted by Gasteiger charge is 2.55. The van der Waals surface area contributed by atoms with Crippen molar-refractivity contribution in [3.8, 4) is 0 Å². The zero-order valence-electron chi connectivity index (χ0n) is 11.2. The third kappa shape index (κ3) is 1.37. The molecule has 4 saturated carbocycles. The van der Waals surface area contributed by atoms with Gasteiger partial charge in [0.25, 0.3) is 0 Å². The molecular formula is C17H23N. The maximum absolute atomic E-state index is 6.96. The third-order valence-electron chi connectivity index (χ3n) is 6.04. The molecule has 4 fully saturated rings. The van der Waals surface area contributed by atoms with Crippen LogP contribution in [0.4, 0.5) is 0 Å². The summed E-state index contributed by atoms with van der Waals surface area (Å²) in [6.45, 7) is 2.16. The minimum atomic E-state index is -0.0128. The molecule has 96 valence electrons. The fraction of sp³-hybridized carbons (Fsp3) is 0.647. The number of nitrogens with two attached hydrogens (primary N) is 1. The first kappa shape index (κ1) is 11.0. The Morgan fingerprint density at radius 2 is 1.39 bits per heavy atom. The van der Waals surface area contributed by atoms with E-state index in [9.17, 15) is 0 Å². The van der Waals surface area contributed by atoms with Crippen molar-refractivity contribution in [2.24, 2.45) is 29.4 Å². The van der Waals surface area contributed by atoms with Crippen molar-refractivity contribution in [2.75, 3.05) is 0 Å². The minimum Gasteiger partial charge on any atom is -0.321 e. The van der Waals surface area contributed by atoms with Crippen molar-refractivity contribution in [2.45, 2.75) is 44.6 Å². The quantitative estimate of drug-likeness (QED) is 0.798. The Bertz CT molecular complexity index is 431. The van der Waals surface area contributed by atoms with E-state index in [2.05, 4.69) is 31.2 Å². The molecule has 0 unspecified atom stereocenters. The molecule has 0 heterocycles. The zero-order valence-corrected chi connectivity index (χ0v) is 11.2. The summed E-state index contributed by atoms with van der Waals surface area (Å²) in [7, 11) is 0. The summed E-state index contributed by atoms with van der Waals surface area (Å²) in [6.07, 6.45) is 7.04. The van der Waals surface area contributed by atoms with Crippen LogP contribution in [0.2, 0.25) is 0 Å². The van der Waals surface area contributed by atoms with E-state index in [-0.39, 0.29) is 5.54 Å². The molecule has 1 aromatic carbocycles. The van der Waals surface area contributed by atoms with E-state index in [0.29, 0.717) is 0 Å². The van der Waals surface area contributed by atoms with E-state index in [1.165, 1.54) is 43.2 Å². The highest BCUT2D eigenvalue weighted by molar-refractivity contribution is 5.31. The predicted octanol–water partition coefficient (Wildman–Crippen LogP) is 3.61. The number of hydrogen-bond acceptors (Lipinski definition) is 1. The largest absolute Gasteiger partial charge is 0.321 e. The molecule has 0 aliphatic heterocycles. The van der Waals surface area contributed by atoms with E-state index in [1.54, 1.807) is 0 Å². The standard InChI is InChI=1S/C17H23N/c1-11-2-4-14(5-3-11)17(18)15-7-12-6-13(9-15)10-16(17)8-12/h2-5,12-13,15-16H,6-10,18H2,1H3. The van der Waals surface area contributed by atoms with Gasteiger partial charge in [-0.05, 0) is 68.3 Å². The average Bonchev–Trinajstić information content (AvgIpc) is 2.35. The predicted molar refractivity (Wildman–Crippen MR) is 74.1 cm³/mol. The smallest absolute Gasteiger partial charge is 0.0467 e. The van der Waals surface area contributed by atoms with Gasteiger partial charge in [-0.1, -0.05) is 29.8 Å². The molecule has 4 aliphatic rings. The molecular weight excluding hydrogens is 218 g/mol. The molecule has 0 aromatic heterocycles. The molecule has 1 aromatic rings. The summed E-state index contributed by atoms with van der Waals surface area (Å²) < 4.78 is 0. The zero-order chi connectivity index (χ0) is 12.3. The molecule has 0 saturated heterocycles. The lowest BCUT2D eigenvalue weighted by Gasteiger charge is -2.60. The van der Waals surface area contributed by atoms with Crippen molar-refractivity contribution >= 4 is 0 Å². The Labute approximate surface area is 110 Å². The number of rotatable bonds is 1. The van der Waals surface area contributed by atoms with Gasteiger partial charge >= 0.3 is 0 Å². The Morgan fingerprint density at radius 1 is 0.889 bits per heavy atom. The molecule has 5 rings (SSSR count). The number of benzene rings is 1. The van der Waals surface area contributed by atoms with Crippen molar-refractivity contribution in [1.82, 2.24) is 0 Å². The molecule has 4 aliphatic carbocycles. The highest BCUT2D eigenvalue weighted by atomic mass is 14.8. The SMILES string of the molecule is Cc1ccc(C2(N)C3CC4CC(C3)CC2C4)cc1. The third-order valence-corrected chi connectivity index (χ3v) is 6.04. The van der Waals surface area contributed by atoms with Gasteiger partial charge in [0.15, 0.2) is 0 Å². The van der Waals surface area contributed by atoms with Gasteiger partial charge in [0.05, 0.1) is 0 Å². The number of hydrogen-bond donors (Lipinski definition) is 1. The van der Waals surface area contributed by atoms with Crippen molar-refractivity contribution in [1.29, 1.82) is 0 Å². The molecule has 0 radical (unpaired) electrons. The second kappa shape index (κ2) is 3.60. The lowest BCUT2D eigenvalue weighted by Crippen LogP contribution is -2.60. The van der Waals surface area contributed by atoms with Crippen molar-refractivity contribution < 1.29 is 0 Å². The molecule has 18 heavy (non-hydrogen) atoms. The van der Waals surface area contributed by atoms with Gasteiger partial charge in [0, 0.05) is 5.54 Å². The molecule has 2 N–H and O–H groups in total. The van der Waals surface area contributed by atoms with Gasteiger partial charge in [0.1, 0.15) is 0 Å². The maximum atomic E-state index is 6.96. The average molecular weight is 241 g/mol. The fourth-order valence-corrected chi connectivity index (χ4v) is 5.28. The van der Waals surface area contributed by atoms with E-state index in [4.69, 9.17) is 5.73 Å². The van der Waals surface area contributed by atoms with Gasteiger partial charge in [-0.2, -0.15) is 0 Å². The maximum Gasteiger partial charge on any atom is 0.0467 e. The first-order chi connectivity index (χ1) is 8.66. The second-order valence-corrected chi connectivity index (χ2v) is 7.10. The van der Waals surface area contributed by atoms with Crippen LogP contribution in [0.25, 0.3) is 0 Å². The Balaban J connectivity index is 1.76. The molecule has 0 amide bonds. The molecule has 0 atom stereocenters. The monoisotopic (exact) mass is 241 g/mol. The Hall–Kier alpha value is -0.820. The van der Waals surface area contributed by atoms with E-state index in [0.717, 1.165) is 23.7 Å². The molecule has 4 bridgehead atoms. The fourth-order valence-electron chi connectivity index (χ4n) is 5.28. The van der Waals surface area contributed by atoms with Crippen LogP contribution in [-0.4, -0.2) is 0 Å². The van der Waals surface area contributed by atoms with Gasteiger partial charge in [-0.3, -0.25) is 0 Å². The van der Waals surface area contributed by atoms with Crippen LogP contribution in [0.15, 0.2) is 24.3 Å². The lowest BCUT2D eigenvalue weighted by molar-refractivity contribution is -0.0584. The van der Waals surface area contributed by atoms with Crippen LogP contribution in [0.1, 0.15) is 43.2 Å². The summed E-state index contributed by atoms with van der Waals surface area (Å²) in [5.41, 5.74) is 9.69.